The summed E-state index contributed by atoms with van der Waals surface area (Å²) in [6.07, 6.45) is 0. The molecular formula is C12H4Cl6. The molecule has 2 aromatic rings. The fraction of sp³-hybridized carbons (Fsp3) is 0. The van der Waals surface area contributed by atoms with E-state index < -0.39 is 0 Å². The molecule has 2 rings (SSSR count). The Labute approximate surface area is 134 Å². The van der Waals surface area contributed by atoms with Crippen LogP contribution in [0.4, 0.5) is 0 Å². The van der Waals surface area contributed by atoms with Gasteiger partial charge in [0.2, 0.25) is 0 Å². The summed E-state index contributed by atoms with van der Waals surface area (Å²) in [5.74, 6) is 0. The van der Waals surface area contributed by atoms with E-state index in [0.29, 0.717) is 41.3 Å². The molecule has 2 aromatic carbocycles. The van der Waals surface area contributed by atoms with E-state index in [0.717, 1.165) is 0 Å². The van der Waals surface area contributed by atoms with E-state index in [9.17, 15) is 0 Å². The van der Waals surface area contributed by atoms with Crippen LogP contribution in [0, 0.1) is 0 Å². The van der Waals surface area contributed by atoms with Gasteiger partial charge < -0.3 is 0 Å². The van der Waals surface area contributed by atoms with Crippen molar-refractivity contribution < 1.29 is 0 Å². The van der Waals surface area contributed by atoms with Crippen LogP contribution in [0.5, 0.6) is 0 Å². The van der Waals surface area contributed by atoms with E-state index in [4.69, 9.17) is 69.6 Å². The van der Waals surface area contributed by atoms with Crippen molar-refractivity contribution >= 4 is 69.6 Å². The Bertz CT molecular complexity index is 574. The van der Waals surface area contributed by atoms with Gasteiger partial charge in [0.1, 0.15) is 0 Å². The monoisotopic (exact) mass is 358 g/mol. The molecule has 0 N–H and O–H groups in total. The fourth-order valence-electron chi connectivity index (χ4n) is 1.52. The molecule has 6 heteroatoms. The quantitative estimate of drug-likeness (QED) is 0.469. The van der Waals surface area contributed by atoms with E-state index in [-0.39, 0.29) is 0 Å². The van der Waals surface area contributed by atoms with Gasteiger partial charge >= 0.3 is 0 Å². The Kier molecular flexibility index (Phi) is 4.59. The molecule has 0 saturated heterocycles. The SMILES string of the molecule is Clc1cc(Cl)c(-c2cc(Cl)c(Cl)c(Cl)c2)c(Cl)c1. The normalized spacial score (nSPS) is 10.8. The maximum Gasteiger partial charge on any atom is 0.0778 e. The molecule has 94 valence electrons. The topological polar surface area (TPSA) is 0 Å². The summed E-state index contributed by atoms with van der Waals surface area (Å²) >= 11 is 36.0. The van der Waals surface area contributed by atoms with Gasteiger partial charge in [0.05, 0.1) is 25.1 Å². The highest BCUT2D eigenvalue weighted by molar-refractivity contribution is 6.48. The minimum absolute atomic E-state index is 0.295. The van der Waals surface area contributed by atoms with E-state index >= 15 is 0 Å². The standard InChI is InChI=1S/C12H4Cl6/c13-6-3-7(14)11(8(15)4-6)5-1-9(16)12(18)10(17)2-5/h1-4H. The Morgan fingerprint density at radius 2 is 1.00 bits per heavy atom. The maximum atomic E-state index is 6.13. The lowest BCUT2D eigenvalue weighted by Crippen LogP contribution is -1.84. The Morgan fingerprint density at radius 3 is 1.44 bits per heavy atom. The second-order valence-corrected chi connectivity index (χ2v) is 5.94. The van der Waals surface area contributed by atoms with Crippen molar-refractivity contribution in [3.8, 4) is 11.1 Å². The van der Waals surface area contributed by atoms with E-state index in [2.05, 4.69) is 0 Å². The van der Waals surface area contributed by atoms with Crippen LogP contribution in [0.1, 0.15) is 0 Å². The Hall–Kier alpha value is 0.180. The summed E-state index contributed by atoms with van der Waals surface area (Å²) in [6.45, 7) is 0. The van der Waals surface area contributed by atoms with Crippen molar-refractivity contribution in [2.45, 2.75) is 0 Å². The van der Waals surface area contributed by atoms with Crippen LogP contribution in [0.2, 0.25) is 30.1 Å². The van der Waals surface area contributed by atoms with Gasteiger partial charge in [0, 0.05) is 10.6 Å². The van der Waals surface area contributed by atoms with Crippen molar-refractivity contribution in [2.24, 2.45) is 0 Å². The average molecular weight is 361 g/mol. The van der Waals surface area contributed by atoms with Crippen molar-refractivity contribution in [1.29, 1.82) is 0 Å². The molecule has 0 aromatic heterocycles. The van der Waals surface area contributed by atoms with Gasteiger partial charge in [0.15, 0.2) is 0 Å². The van der Waals surface area contributed by atoms with Crippen LogP contribution in [0.15, 0.2) is 24.3 Å². The van der Waals surface area contributed by atoms with Crippen molar-refractivity contribution in [1.82, 2.24) is 0 Å². The minimum Gasteiger partial charge on any atom is -0.0842 e. The first-order valence-electron chi connectivity index (χ1n) is 4.69. The van der Waals surface area contributed by atoms with Gasteiger partial charge in [0.25, 0.3) is 0 Å². The van der Waals surface area contributed by atoms with E-state index in [1.165, 1.54) is 0 Å². The van der Waals surface area contributed by atoms with Gasteiger partial charge in [-0.3, -0.25) is 0 Å². The molecule has 0 saturated carbocycles. The first-order chi connectivity index (χ1) is 8.40. The summed E-state index contributed by atoms with van der Waals surface area (Å²) in [6, 6.07) is 6.50. The van der Waals surface area contributed by atoms with Crippen LogP contribution >= 0.6 is 69.6 Å². The molecule has 18 heavy (non-hydrogen) atoms. The lowest BCUT2D eigenvalue weighted by Gasteiger charge is -2.10. The lowest BCUT2D eigenvalue weighted by molar-refractivity contribution is 1.61. The molecule has 0 amide bonds. The molecule has 0 aliphatic carbocycles. The molecule has 0 radical (unpaired) electrons. The number of hydrogen-bond acceptors (Lipinski definition) is 0. The van der Waals surface area contributed by atoms with Crippen LogP contribution in [-0.2, 0) is 0 Å². The zero-order valence-corrected chi connectivity index (χ0v) is 13.1. The predicted molar refractivity (Wildman–Crippen MR) is 81.9 cm³/mol. The van der Waals surface area contributed by atoms with Gasteiger partial charge in [-0.15, -0.1) is 0 Å². The summed E-state index contributed by atoms with van der Waals surface area (Å²) in [5.41, 5.74) is 1.30. The third-order valence-corrected chi connectivity index (χ3v) is 4.29. The molecule has 0 aliphatic heterocycles. The highest BCUT2D eigenvalue weighted by Crippen LogP contribution is 2.41. The van der Waals surface area contributed by atoms with Gasteiger partial charge in [-0.25, -0.2) is 0 Å². The Morgan fingerprint density at radius 1 is 0.556 bits per heavy atom. The number of hydrogen-bond donors (Lipinski definition) is 0. The fourth-order valence-corrected chi connectivity index (χ4v) is 3.15. The number of benzene rings is 2. The van der Waals surface area contributed by atoms with Gasteiger partial charge in [-0.2, -0.15) is 0 Å². The minimum atomic E-state index is 0.295. The summed E-state index contributed by atoms with van der Waals surface area (Å²) in [4.78, 5) is 0. The molecule has 0 fully saturated rings. The van der Waals surface area contributed by atoms with E-state index in [1.807, 2.05) is 0 Å². The zero-order valence-electron chi connectivity index (χ0n) is 8.58. The van der Waals surface area contributed by atoms with Crippen molar-refractivity contribution in [2.75, 3.05) is 0 Å². The highest BCUT2D eigenvalue weighted by Gasteiger charge is 2.13. The number of rotatable bonds is 1. The zero-order chi connectivity index (χ0) is 13.4. The summed E-state index contributed by atoms with van der Waals surface area (Å²) in [5, 5.41) is 2.26. The molecule has 0 atom stereocenters. The molecule has 0 unspecified atom stereocenters. The first-order valence-corrected chi connectivity index (χ1v) is 6.96. The second kappa shape index (κ2) is 5.66. The lowest BCUT2D eigenvalue weighted by atomic mass is 10.1. The van der Waals surface area contributed by atoms with Crippen molar-refractivity contribution in [3.05, 3.63) is 54.4 Å². The maximum absolute atomic E-state index is 6.13. The molecule has 0 nitrogen and oxygen atoms in total. The van der Waals surface area contributed by atoms with Crippen LogP contribution in [0.25, 0.3) is 11.1 Å². The molecule has 0 heterocycles. The summed E-state index contributed by atoms with van der Waals surface area (Å²) < 4.78 is 0. The molecule has 0 spiro atoms. The third kappa shape index (κ3) is 2.85. The molecular weight excluding hydrogens is 357 g/mol. The van der Waals surface area contributed by atoms with Crippen LogP contribution in [-0.4, -0.2) is 0 Å². The first kappa shape index (κ1) is 14.6. The third-order valence-electron chi connectivity index (χ3n) is 2.28. The largest absolute Gasteiger partial charge is 0.0842 e. The predicted octanol–water partition coefficient (Wildman–Crippen LogP) is 7.27. The van der Waals surface area contributed by atoms with Gasteiger partial charge in [-0.1, -0.05) is 69.6 Å². The smallest absolute Gasteiger partial charge is 0.0778 e. The average Bonchev–Trinajstić information content (AvgIpc) is 2.24. The molecule has 0 bridgehead atoms. The van der Waals surface area contributed by atoms with Gasteiger partial charge in [-0.05, 0) is 29.8 Å². The summed E-state index contributed by atoms with van der Waals surface area (Å²) in [7, 11) is 0. The van der Waals surface area contributed by atoms with Crippen molar-refractivity contribution in [3.63, 3.8) is 0 Å². The molecule has 0 aliphatic rings. The number of halogens is 6. The Balaban J connectivity index is 2.70. The van der Waals surface area contributed by atoms with E-state index in [1.54, 1.807) is 24.3 Å². The van der Waals surface area contributed by atoms with Crippen LogP contribution in [0.3, 0.4) is 0 Å². The second-order valence-electron chi connectivity index (χ2n) is 3.50. The van der Waals surface area contributed by atoms with Crippen LogP contribution < -0.4 is 0 Å². The highest BCUT2D eigenvalue weighted by atomic mass is 35.5.